The summed E-state index contributed by atoms with van der Waals surface area (Å²) < 4.78 is 12.0. The Morgan fingerprint density at radius 3 is 2.64 bits per heavy atom. The summed E-state index contributed by atoms with van der Waals surface area (Å²) in [4.78, 5) is 14.7. The fourth-order valence-corrected chi connectivity index (χ4v) is 6.10. The normalized spacial score (nSPS) is 26.3. The number of rotatable bonds is 8. The molecular formula is C28H37NO4. The Bertz CT molecular complexity index is 991. The van der Waals surface area contributed by atoms with Gasteiger partial charge < -0.3 is 19.5 Å². The van der Waals surface area contributed by atoms with Gasteiger partial charge in [0.1, 0.15) is 12.4 Å². The van der Waals surface area contributed by atoms with Crippen LogP contribution in [-0.4, -0.2) is 48.6 Å². The summed E-state index contributed by atoms with van der Waals surface area (Å²) >= 11 is 0. The van der Waals surface area contributed by atoms with Gasteiger partial charge in [0.25, 0.3) is 0 Å². The minimum absolute atomic E-state index is 0.135. The molecule has 0 radical (unpaired) electrons. The zero-order chi connectivity index (χ0) is 23.8. The molecule has 2 bridgehead atoms. The minimum atomic E-state index is -0.272. The summed E-state index contributed by atoms with van der Waals surface area (Å²) in [5.74, 6) is 1.03. The average molecular weight is 452 g/mol. The number of benzene rings is 2. The van der Waals surface area contributed by atoms with E-state index in [-0.39, 0.29) is 29.0 Å². The smallest absolute Gasteiger partial charge is 0.161 e. The van der Waals surface area contributed by atoms with Gasteiger partial charge in [0.15, 0.2) is 11.5 Å². The Morgan fingerprint density at radius 1 is 1.24 bits per heavy atom. The van der Waals surface area contributed by atoms with Gasteiger partial charge in [0, 0.05) is 30.0 Å². The quantitative estimate of drug-likeness (QED) is 0.628. The van der Waals surface area contributed by atoms with Crippen LogP contribution in [0.2, 0.25) is 0 Å². The van der Waals surface area contributed by atoms with Crippen molar-refractivity contribution in [2.24, 2.45) is 11.8 Å². The number of methoxy groups -OCH3 is 1. The standard InChI is InChI=1S/C28H37NO4/c1-18(20(3)30)25(32-5)16-28-13-14-29(4)23(19(28)2)15-22-11-12-24(27(31)26(22)28)33-17-21-9-7-6-8-10-21/h6-12,18-19,23,25,31H,13-17H2,1-5H3. The van der Waals surface area contributed by atoms with Crippen LogP contribution in [0.3, 0.4) is 0 Å². The molecule has 2 aromatic rings. The third-order valence-electron chi connectivity index (χ3n) is 8.38. The van der Waals surface area contributed by atoms with Crippen molar-refractivity contribution in [3.8, 4) is 11.5 Å². The molecule has 0 amide bonds. The summed E-state index contributed by atoms with van der Waals surface area (Å²) in [6.07, 6.45) is 2.32. The zero-order valence-electron chi connectivity index (χ0n) is 20.5. The number of piperidine rings is 1. The Morgan fingerprint density at radius 2 is 1.97 bits per heavy atom. The molecule has 0 spiro atoms. The van der Waals surface area contributed by atoms with Gasteiger partial charge in [0.05, 0.1) is 6.10 Å². The van der Waals surface area contributed by atoms with Crippen LogP contribution in [-0.2, 0) is 28.0 Å². The van der Waals surface area contributed by atoms with E-state index in [2.05, 4.69) is 24.9 Å². The number of carbonyl (C=O) groups is 1. The second kappa shape index (κ2) is 9.47. The van der Waals surface area contributed by atoms with Crippen LogP contribution in [0.4, 0.5) is 0 Å². The lowest BCUT2D eigenvalue weighted by Crippen LogP contribution is -2.59. The number of fused-ring (bicyclic) bond motifs is 4. The van der Waals surface area contributed by atoms with E-state index in [4.69, 9.17) is 9.47 Å². The largest absolute Gasteiger partial charge is 0.504 e. The van der Waals surface area contributed by atoms with Gasteiger partial charge in [0.2, 0.25) is 0 Å². The molecule has 1 heterocycles. The number of nitrogens with zero attached hydrogens (tertiary/aromatic N) is 1. The predicted octanol–water partition coefficient (Wildman–Crippen LogP) is 4.74. The molecule has 5 nitrogen and oxygen atoms in total. The highest BCUT2D eigenvalue weighted by molar-refractivity contribution is 5.78. The molecule has 1 aliphatic heterocycles. The fourth-order valence-electron chi connectivity index (χ4n) is 6.10. The van der Waals surface area contributed by atoms with Crippen molar-refractivity contribution in [3.63, 3.8) is 0 Å². The van der Waals surface area contributed by atoms with E-state index in [9.17, 15) is 9.90 Å². The van der Waals surface area contributed by atoms with E-state index in [1.165, 1.54) is 5.56 Å². The number of likely N-dealkylation sites (tertiary alicyclic amines) is 1. The predicted molar refractivity (Wildman–Crippen MR) is 130 cm³/mol. The molecule has 1 fully saturated rings. The number of Topliss-reactive ketones (excluding diaryl/α,β-unsaturated/α-hetero) is 1. The third-order valence-corrected chi connectivity index (χ3v) is 8.38. The second-order valence-electron chi connectivity index (χ2n) is 10.0. The summed E-state index contributed by atoms with van der Waals surface area (Å²) in [5.41, 5.74) is 2.97. The first-order valence-electron chi connectivity index (χ1n) is 12.0. The first kappa shape index (κ1) is 23.8. The summed E-state index contributed by atoms with van der Waals surface area (Å²) in [7, 11) is 3.89. The maximum Gasteiger partial charge on any atom is 0.161 e. The van der Waals surface area contributed by atoms with E-state index in [1.807, 2.05) is 43.3 Å². The Balaban J connectivity index is 1.75. The molecule has 33 heavy (non-hydrogen) atoms. The summed E-state index contributed by atoms with van der Waals surface area (Å²) in [5, 5.41) is 11.6. The van der Waals surface area contributed by atoms with Crippen molar-refractivity contribution in [3.05, 3.63) is 59.2 Å². The third kappa shape index (κ3) is 4.29. The molecule has 0 aromatic heterocycles. The fraction of sp³-hybridized carbons (Fsp3) is 0.536. The SMILES string of the molecule is COC(CC12CCN(C)C(Cc3ccc(OCc4ccccc4)c(O)c31)C2C)C(C)C(C)=O. The lowest BCUT2D eigenvalue weighted by atomic mass is 9.55. The molecule has 2 aromatic carbocycles. The van der Waals surface area contributed by atoms with Crippen LogP contribution in [0.15, 0.2) is 42.5 Å². The lowest BCUT2D eigenvalue weighted by molar-refractivity contribution is -0.125. The molecule has 5 atom stereocenters. The van der Waals surface area contributed by atoms with Crippen LogP contribution >= 0.6 is 0 Å². The molecule has 2 aliphatic rings. The number of phenols is 1. The van der Waals surface area contributed by atoms with Crippen molar-refractivity contribution >= 4 is 5.78 Å². The van der Waals surface area contributed by atoms with E-state index >= 15 is 0 Å². The maximum absolute atomic E-state index is 12.2. The molecule has 1 aliphatic carbocycles. The zero-order valence-corrected chi connectivity index (χ0v) is 20.5. The van der Waals surface area contributed by atoms with Crippen LogP contribution in [0.5, 0.6) is 11.5 Å². The number of likely N-dealkylation sites (N-methyl/N-ethyl adjacent to an activating group) is 1. The topological polar surface area (TPSA) is 59.0 Å². The Hall–Kier alpha value is -2.37. The van der Waals surface area contributed by atoms with Gasteiger partial charge in [-0.05, 0) is 62.9 Å². The molecule has 4 rings (SSSR count). The molecule has 5 unspecified atom stereocenters. The highest BCUT2D eigenvalue weighted by atomic mass is 16.5. The van der Waals surface area contributed by atoms with Gasteiger partial charge in [-0.1, -0.05) is 50.2 Å². The molecular weight excluding hydrogens is 414 g/mol. The highest BCUT2D eigenvalue weighted by Crippen LogP contribution is 2.56. The summed E-state index contributed by atoms with van der Waals surface area (Å²) in [6.45, 7) is 7.24. The Labute approximate surface area is 197 Å². The van der Waals surface area contributed by atoms with Crippen LogP contribution in [0, 0.1) is 11.8 Å². The first-order chi connectivity index (χ1) is 15.8. The molecule has 178 valence electrons. The van der Waals surface area contributed by atoms with Crippen LogP contribution in [0.1, 0.15) is 50.3 Å². The van der Waals surface area contributed by atoms with E-state index in [1.54, 1.807) is 14.0 Å². The number of aromatic hydroxyl groups is 1. The molecule has 0 saturated carbocycles. The monoisotopic (exact) mass is 451 g/mol. The lowest BCUT2D eigenvalue weighted by Gasteiger charge is -2.56. The number of hydrogen-bond acceptors (Lipinski definition) is 5. The van der Waals surface area contributed by atoms with Crippen molar-refractivity contribution < 1.29 is 19.4 Å². The number of carbonyl (C=O) groups excluding carboxylic acids is 1. The van der Waals surface area contributed by atoms with E-state index < -0.39 is 0 Å². The van der Waals surface area contributed by atoms with Crippen LogP contribution < -0.4 is 4.74 Å². The second-order valence-corrected chi connectivity index (χ2v) is 10.0. The molecule has 1 N–H and O–H groups in total. The molecule has 5 heteroatoms. The van der Waals surface area contributed by atoms with Gasteiger partial charge in [-0.25, -0.2) is 0 Å². The van der Waals surface area contributed by atoms with E-state index in [0.29, 0.717) is 30.7 Å². The number of phenolic OH excluding ortho intramolecular Hbond substituents is 1. The van der Waals surface area contributed by atoms with Gasteiger partial charge in [-0.3, -0.25) is 4.79 Å². The highest BCUT2D eigenvalue weighted by Gasteiger charge is 2.53. The van der Waals surface area contributed by atoms with Crippen molar-refractivity contribution in [1.82, 2.24) is 4.90 Å². The number of hydrogen-bond donors (Lipinski definition) is 1. The summed E-state index contributed by atoms with van der Waals surface area (Å²) in [6, 6.07) is 14.4. The molecule has 1 saturated heterocycles. The van der Waals surface area contributed by atoms with Crippen molar-refractivity contribution in [2.75, 3.05) is 20.7 Å². The maximum atomic E-state index is 12.2. The minimum Gasteiger partial charge on any atom is -0.504 e. The van der Waals surface area contributed by atoms with E-state index in [0.717, 1.165) is 30.5 Å². The van der Waals surface area contributed by atoms with Gasteiger partial charge >= 0.3 is 0 Å². The first-order valence-corrected chi connectivity index (χ1v) is 12.0. The van der Waals surface area contributed by atoms with Crippen molar-refractivity contribution in [2.45, 2.75) is 64.2 Å². The Kier molecular flexibility index (Phi) is 6.83. The van der Waals surface area contributed by atoms with Gasteiger partial charge in [-0.15, -0.1) is 0 Å². The van der Waals surface area contributed by atoms with Crippen molar-refractivity contribution in [1.29, 1.82) is 0 Å². The average Bonchev–Trinajstić information content (AvgIpc) is 2.81. The number of ether oxygens (including phenoxy) is 2. The number of ketones is 1. The van der Waals surface area contributed by atoms with Gasteiger partial charge in [-0.2, -0.15) is 0 Å². The van der Waals surface area contributed by atoms with Crippen LogP contribution in [0.25, 0.3) is 0 Å².